The lowest BCUT2D eigenvalue weighted by molar-refractivity contribution is -0.136. The summed E-state index contributed by atoms with van der Waals surface area (Å²) in [4.78, 5) is 0. The molecule has 3 saturated carbocycles. The zero-order valence-electron chi connectivity index (χ0n) is 9.37. The van der Waals surface area contributed by atoms with Gasteiger partial charge in [-0.25, -0.2) is 0 Å². The number of aliphatic hydroxyl groups is 1. The number of rotatable bonds is 3. The van der Waals surface area contributed by atoms with Crippen LogP contribution in [0.15, 0.2) is 12.7 Å². The van der Waals surface area contributed by atoms with Crippen LogP contribution in [0, 0.1) is 23.2 Å². The maximum Gasteiger partial charge on any atom is 0.0605 e. The smallest absolute Gasteiger partial charge is 0.0605 e. The van der Waals surface area contributed by atoms with E-state index in [0.29, 0.717) is 11.3 Å². The molecule has 0 unspecified atom stereocenters. The summed E-state index contributed by atoms with van der Waals surface area (Å²) >= 11 is 0. The van der Waals surface area contributed by atoms with E-state index in [9.17, 15) is 5.11 Å². The van der Waals surface area contributed by atoms with Crippen molar-refractivity contribution in [1.29, 1.82) is 0 Å². The highest BCUT2D eigenvalue weighted by molar-refractivity contribution is 5.05. The highest BCUT2D eigenvalue weighted by Crippen LogP contribution is 2.62. The molecule has 0 heterocycles. The first-order chi connectivity index (χ1) is 6.57. The van der Waals surface area contributed by atoms with E-state index in [1.165, 1.54) is 19.3 Å². The van der Waals surface area contributed by atoms with Crippen molar-refractivity contribution in [3.8, 4) is 0 Å². The van der Waals surface area contributed by atoms with Crippen molar-refractivity contribution in [2.24, 2.45) is 23.2 Å². The van der Waals surface area contributed by atoms with Crippen LogP contribution in [-0.4, -0.2) is 11.2 Å². The second-order valence-electron chi connectivity index (χ2n) is 5.69. The molecule has 0 aromatic rings. The van der Waals surface area contributed by atoms with Crippen LogP contribution in [0.4, 0.5) is 0 Å². The van der Waals surface area contributed by atoms with E-state index in [2.05, 4.69) is 20.4 Å². The Morgan fingerprint density at radius 1 is 1.50 bits per heavy atom. The Balaban J connectivity index is 2.03. The van der Waals surface area contributed by atoms with E-state index in [4.69, 9.17) is 0 Å². The molecule has 1 nitrogen and oxygen atoms in total. The molecule has 2 bridgehead atoms. The summed E-state index contributed by atoms with van der Waals surface area (Å²) in [6, 6.07) is 0. The molecule has 0 aromatic heterocycles. The standard InChI is InChI=1S/C13H22O/c1-4-5-12(14)10-7-6-9-8-11(10)13(9,2)3/h4,9-12,14H,1,5-8H2,2-3H3/t9-,10-,11-,12-/m0/s1. The molecule has 0 saturated heterocycles. The van der Waals surface area contributed by atoms with Crippen molar-refractivity contribution in [1.82, 2.24) is 0 Å². The van der Waals surface area contributed by atoms with E-state index in [-0.39, 0.29) is 6.10 Å². The molecule has 0 radical (unpaired) electrons. The zero-order chi connectivity index (χ0) is 10.3. The summed E-state index contributed by atoms with van der Waals surface area (Å²) in [5.74, 6) is 2.23. The van der Waals surface area contributed by atoms with E-state index in [1.54, 1.807) is 0 Å². The van der Waals surface area contributed by atoms with Gasteiger partial charge in [-0.3, -0.25) is 0 Å². The minimum absolute atomic E-state index is 0.141. The SMILES string of the molecule is C=CC[C@H](O)[C@H]1CC[C@H]2C[C@@H]1C2(C)C. The fourth-order valence-electron chi connectivity index (χ4n) is 3.67. The van der Waals surface area contributed by atoms with Gasteiger partial charge in [0.05, 0.1) is 6.10 Å². The summed E-state index contributed by atoms with van der Waals surface area (Å²) in [5.41, 5.74) is 0.491. The number of aliphatic hydroxyl groups excluding tert-OH is 1. The molecule has 3 fully saturated rings. The van der Waals surface area contributed by atoms with Crippen LogP contribution < -0.4 is 0 Å². The zero-order valence-corrected chi connectivity index (χ0v) is 9.37. The molecule has 3 aliphatic rings. The molecule has 14 heavy (non-hydrogen) atoms. The molecule has 0 spiro atoms. The van der Waals surface area contributed by atoms with Crippen LogP contribution in [0.3, 0.4) is 0 Å². The van der Waals surface area contributed by atoms with Crippen LogP contribution in [0.25, 0.3) is 0 Å². The maximum atomic E-state index is 10.0. The van der Waals surface area contributed by atoms with Gasteiger partial charge < -0.3 is 5.11 Å². The molecule has 4 atom stereocenters. The fraction of sp³-hybridized carbons (Fsp3) is 0.846. The maximum absolute atomic E-state index is 10.0. The lowest BCUT2D eigenvalue weighted by atomic mass is 9.45. The summed E-state index contributed by atoms with van der Waals surface area (Å²) in [5, 5.41) is 10.0. The Bertz CT molecular complexity index is 229. The summed E-state index contributed by atoms with van der Waals surface area (Å²) in [6.07, 6.45) is 6.38. The summed E-state index contributed by atoms with van der Waals surface area (Å²) < 4.78 is 0. The quantitative estimate of drug-likeness (QED) is 0.685. The molecule has 0 aromatic carbocycles. The van der Waals surface area contributed by atoms with Crippen molar-refractivity contribution < 1.29 is 5.11 Å². The predicted molar refractivity (Wildman–Crippen MR) is 58.9 cm³/mol. The van der Waals surface area contributed by atoms with Crippen LogP contribution in [0.1, 0.15) is 39.5 Å². The van der Waals surface area contributed by atoms with E-state index in [1.807, 2.05) is 6.08 Å². The van der Waals surface area contributed by atoms with Crippen LogP contribution in [-0.2, 0) is 0 Å². The van der Waals surface area contributed by atoms with Gasteiger partial charge in [-0.05, 0) is 48.9 Å². The van der Waals surface area contributed by atoms with Crippen molar-refractivity contribution in [2.45, 2.75) is 45.6 Å². The van der Waals surface area contributed by atoms with Gasteiger partial charge >= 0.3 is 0 Å². The van der Waals surface area contributed by atoms with Crippen molar-refractivity contribution in [3.05, 3.63) is 12.7 Å². The third-order valence-corrected chi connectivity index (χ3v) is 4.81. The van der Waals surface area contributed by atoms with Gasteiger partial charge in [-0.15, -0.1) is 6.58 Å². The molecule has 3 aliphatic carbocycles. The third kappa shape index (κ3) is 1.33. The molecule has 3 rings (SSSR count). The highest BCUT2D eigenvalue weighted by atomic mass is 16.3. The van der Waals surface area contributed by atoms with Gasteiger partial charge in [0.25, 0.3) is 0 Å². The minimum atomic E-state index is -0.141. The van der Waals surface area contributed by atoms with E-state index < -0.39 is 0 Å². The topological polar surface area (TPSA) is 20.2 Å². The summed E-state index contributed by atoms with van der Waals surface area (Å²) in [7, 11) is 0. The van der Waals surface area contributed by atoms with Crippen molar-refractivity contribution in [2.75, 3.05) is 0 Å². The second-order valence-corrected chi connectivity index (χ2v) is 5.69. The molecule has 0 amide bonds. The number of fused-ring (bicyclic) bond motifs is 2. The number of hydrogen-bond acceptors (Lipinski definition) is 1. The molecule has 1 N–H and O–H groups in total. The first kappa shape index (κ1) is 10.2. The lowest BCUT2D eigenvalue weighted by Crippen LogP contribution is -2.54. The Labute approximate surface area is 87.2 Å². The Kier molecular flexibility index (Phi) is 2.46. The van der Waals surface area contributed by atoms with Crippen LogP contribution >= 0.6 is 0 Å². The Morgan fingerprint density at radius 2 is 2.21 bits per heavy atom. The molecule has 80 valence electrons. The first-order valence-corrected chi connectivity index (χ1v) is 5.86. The predicted octanol–water partition coefficient (Wildman–Crippen LogP) is 3.00. The minimum Gasteiger partial charge on any atom is -0.393 e. The van der Waals surface area contributed by atoms with E-state index in [0.717, 1.165) is 18.3 Å². The lowest BCUT2D eigenvalue weighted by Gasteiger charge is -2.61. The van der Waals surface area contributed by atoms with Crippen LogP contribution in [0.2, 0.25) is 0 Å². The van der Waals surface area contributed by atoms with Gasteiger partial charge in [0.2, 0.25) is 0 Å². The normalized spacial score (nSPS) is 41.2. The fourth-order valence-corrected chi connectivity index (χ4v) is 3.67. The second kappa shape index (κ2) is 3.37. The first-order valence-electron chi connectivity index (χ1n) is 5.86. The van der Waals surface area contributed by atoms with Gasteiger partial charge in [-0.2, -0.15) is 0 Å². The highest BCUT2D eigenvalue weighted by Gasteiger charge is 2.55. The average Bonchev–Trinajstić information content (AvgIpc) is 2.18. The monoisotopic (exact) mass is 194 g/mol. The average molecular weight is 194 g/mol. The summed E-state index contributed by atoms with van der Waals surface area (Å²) in [6.45, 7) is 8.46. The molecule has 0 aliphatic heterocycles. The van der Waals surface area contributed by atoms with E-state index >= 15 is 0 Å². The van der Waals surface area contributed by atoms with Crippen molar-refractivity contribution in [3.63, 3.8) is 0 Å². The van der Waals surface area contributed by atoms with Crippen molar-refractivity contribution >= 4 is 0 Å². The Hall–Kier alpha value is -0.300. The molecular formula is C13H22O. The van der Waals surface area contributed by atoms with Crippen LogP contribution in [0.5, 0.6) is 0 Å². The number of hydrogen-bond donors (Lipinski definition) is 1. The van der Waals surface area contributed by atoms with Gasteiger partial charge in [-0.1, -0.05) is 19.9 Å². The molecule has 1 heteroatoms. The van der Waals surface area contributed by atoms with Gasteiger partial charge in [0.15, 0.2) is 0 Å². The third-order valence-electron chi connectivity index (χ3n) is 4.81. The van der Waals surface area contributed by atoms with Gasteiger partial charge in [0, 0.05) is 0 Å². The largest absolute Gasteiger partial charge is 0.393 e. The molecular weight excluding hydrogens is 172 g/mol. The Morgan fingerprint density at radius 3 is 2.71 bits per heavy atom. The van der Waals surface area contributed by atoms with Gasteiger partial charge in [0.1, 0.15) is 0 Å².